The van der Waals surface area contributed by atoms with Crippen molar-refractivity contribution >= 4 is 17.5 Å². The van der Waals surface area contributed by atoms with Crippen molar-refractivity contribution in [1.82, 2.24) is 9.88 Å². The van der Waals surface area contributed by atoms with E-state index in [1.54, 1.807) is 17.3 Å². The van der Waals surface area contributed by atoms with Gasteiger partial charge in [0.15, 0.2) is 0 Å². The van der Waals surface area contributed by atoms with Crippen LogP contribution in [0.25, 0.3) is 0 Å². The summed E-state index contributed by atoms with van der Waals surface area (Å²) >= 11 is 0. The first kappa shape index (κ1) is 17.0. The minimum Gasteiger partial charge on any atom is -0.377 e. The molecule has 2 amide bonds. The first-order valence-electron chi connectivity index (χ1n) is 8.22. The molecule has 6 nitrogen and oxygen atoms in total. The predicted octanol–water partition coefficient (Wildman–Crippen LogP) is 1.42. The van der Waals surface area contributed by atoms with Gasteiger partial charge in [-0.1, -0.05) is 30.3 Å². The topological polar surface area (TPSA) is 79.5 Å². The van der Waals surface area contributed by atoms with Gasteiger partial charge in [0.1, 0.15) is 0 Å². The average Bonchev–Trinajstić information content (AvgIpc) is 3.08. The van der Waals surface area contributed by atoms with Crippen molar-refractivity contribution in [3.05, 3.63) is 59.9 Å². The van der Waals surface area contributed by atoms with Gasteiger partial charge in [-0.25, -0.2) is 0 Å². The molecule has 1 atom stereocenters. The van der Waals surface area contributed by atoms with Crippen molar-refractivity contribution in [3.63, 3.8) is 0 Å². The van der Waals surface area contributed by atoms with Gasteiger partial charge in [0, 0.05) is 39.6 Å². The van der Waals surface area contributed by atoms with Crippen LogP contribution in [0.3, 0.4) is 0 Å². The molecule has 1 aliphatic rings. The summed E-state index contributed by atoms with van der Waals surface area (Å²) in [5.74, 6) is -0.524. The monoisotopic (exact) mass is 338 g/mol. The summed E-state index contributed by atoms with van der Waals surface area (Å²) in [6.45, 7) is 0.769. The number of hydrogen-bond donors (Lipinski definition) is 1. The van der Waals surface area contributed by atoms with E-state index in [1.165, 1.54) is 0 Å². The molecule has 130 valence electrons. The third-order valence-corrected chi connectivity index (χ3v) is 4.86. The third-order valence-electron chi connectivity index (χ3n) is 4.86. The highest BCUT2D eigenvalue weighted by Crippen LogP contribution is 2.35. The summed E-state index contributed by atoms with van der Waals surface area (Å²) < 4.78 is 0. The van der Waals surface area contributed by atoms with E-state index in [9.17, 15) is 9.59 Å². The average molecular weight is 338 g/mol. The number of likely N-dealkylation sites (tertiary alicyclic amines) is 1. The van der Waals surface area contributed by atoms with Crippen molar-refractivity contribution < 1.29 is 9.59 Å². The van der Waals surface area contributed by atoms with Gasteiger partial charge in [0.05, 0.1) is 16.7 Å². The Kier molecular flexibility index (Phi) is 4.44. The highest BCUT2D eigenvalue weighted by molar-refractivity contribution is 6.00. The number of aromatic nitrogens is 1. The summed E-state index contributed by atoms with van der Waals surface area (Å²) in [7, 11) is 3.77. The maximum absolute atomic E-state index is 13.0. The van der Waals surface area contributed by atoms with E-state index in [4.69, 9.17) is 5.73 Å². The number of hydrogen-bond acceptors (Lipinski definition) is 4. The lowest BCUT2D eigenvalue weighted by atomic mass is 9.79. The normalized spacial score (nSPS) is 19.7. The lowest BCUT2D eigenvalue weighted by Gasteiger charge is -2.27. The summed E-state index contributed by atoms with van der Waals surface area (Å²) in [5, 5.41) is 0. The lowest BCUT2D eigenvalue weighted by Crippen LogP contribution is -2.44. The van der Waals surface area contributed by atoms with Crippen LogP contribution >= 0.6 is 0 Å². The van der Waals surface area contributed by atoms with Crippen LogP contribution in [0.5, 0.6) is 0 Å². The summed E-state index contributed by atoms with van der Waals surface area (Å²) in [4.78, 5) is 32.9. The van der Waals surface area contributed by atoms with Crippen molar-refractivity contribution in [2.24, 2.45) is 5.73 Å². The molecular formula is C19H22N4O2. The molecule has 0 bridgehead atoms. The standard InChI is InChI=1S/C19H22N4O2/c1-22(2)16-8-10-21-12-15(16)17(24)23-11-9-19(13-23,18(20)25)14-6-4-3-5-7-14/h3-8,10,12H,9,11,13H2,1-2H3,(H2,20,25). The summed E-state index contributed by atoms with van der Waals surface area (Å²) in [6, 6.07) is 11.3. The number of carbonyl (C=O) groups is 2. The van der Waals surface area contributed by atoms with E-state index < -0.39 is 11.3 Å². The Hall–Kier alpha value is -2.89. The fraction of sp³-hybridized carbons (Fsp3) is 0.316. The van der Waals surface area contributed by atoms with E-state index >= 15 is 0 Å². The van der Waals surface area contributed by atoms with E-state index in [2.05, 4.69) is 4.98 Å². The Balaban J connectivity index is 1.92. The molecule has 2 N–H and O–H groups in total. The molecule has 6 heteroatoms. The summed E-state index contributed by atoms with van der Waals surface area (Å²) in [6.07, 6.45) is 3.76. The highest BCUT2D eigenvalue weighted by Gasteiger charge is 2.46. The van der Waals surface area contributed by atoms with Crippen LogP contribution in [0.1, 0.15) is 22.3 Å². The molecule has 0 aliphatic carbocycles. The van der Waals surface area contributed by atoms with Gasteiger partial charge >= 0.3 is 0 Å². The number of amides is 2. The van der Waals surface area contributed by atoms with E-state index in [0.29, 0.717) is 18.5 Å². The van der Waals surface area contributed by atoms with Gasteiger partial charge in [0.2, 0.25) is 5.91 Å². The maximum Gasteiger partial charge on any atom is 0.257 e. The van der Waals surface area contributed by atoms with Gasteiger partial charge in [-0.15, -0.1) is 0 Å². The molecule has 25 heavy (non-hydrogen) atoms. The van der Waals surface area contributed by atoms with Crippen molar-refractivity contribution in [1.29, 1.82) is 0 Å². The number of carbonyl (C=O) groups excluding carboxylic acids is 2. The van der Waals surface area contributed by atoms with Gasteiger partial charge in [-0.2, -0.15) is 0 Å². The molecule has 0 radical (unpaired) electrons. The second kappa shape index (κ2) is 6.55. The third kappa shape index (κ3) is 2.95. The molecule has 1 aromatic carbocycles. The molecule has 1 aromatic heterocycles. The number of anilines is 1. The largest absolute Gasteiger partial charge is 0.377 e. The van der Waals surface area contributed by atoms with E-state index in [0.717, 1.165) is 11.3 Å². The number of rotatable bonds is 4. The SMILES string of the molecule is CN(C)c1ccncc1C(=O)N1CCC(C(N)=O)(c2ccccc2)C1. The Morgan fingerprint density at radius 3 is 2.56 bits per heavy atom. The fourth-order valence-corrected chi connectivity index (χ4v) is 3.43. The molecule has 1 fully saturated rings. The zero-order valence-electron chi connectivity index (χ0n) is 14.5. The number of benzene rings is 1. The Bertz CT molecular complexity index is 791. The number of nitrogens with two attached hydrogens (primary N) is 1. The zero-order valence-corrected chi connectivity index (χ0v) is 14.5. The van der Waals surface area contributed by atoms with Crippen LogP contribution in [0.15, 0.2) is 48.8 Å². The van der Waals surface area contributed by atoms with Gasteiger partial charge in [-0.3, -0.25) is 14.6 Å². The van der Waals surface area contributed by atoms with Crippen LogP contribution < -0.4 is 10.6 Å². The van der Waals surface area contributed by atoms with Crippen LogP contribution in [0.2, 0.25) is 0 Å². The van der Waals surface area contributed by atoms with Gasteiger partial charge in [-0.05, 0) is 18.1 Å². The van der Waals surface area contributed by atoms with E-state index in [-0.39, 0.29) is 12.5 Å². The van der Waals surface area contributed by atoms with Gasteiger partial charge in [0.25, 0.3) is 5.91 Å². The molecule has 3 rings (SSSR count). The molecule has 0 spiro atoms. The van der Waals surface area contributed by atoms with Crippen LogP contribution in [-0.4, -0.2) is 48.9 Å². The minimum atomic E-state index is -0.836. The molecule has 1 aliphatic heterocycles. The van der Waals surface area contributed by atoms with E-state index in [1.807, 2.05) is 55.4 Å². The molecule has 0 saturated carbocycles. The maximum atomic E-state index is 13.0. The van der Waals surface area contributed by atoms with Crippen molar-refractivity contribution in [3.8, 4) is 0 Å². The molecule has 2 heterocycles. The first-order valence-corrected chi connectivity index (χ1v) is 8.22. The number of primary amides is 1. The van der Waals surface area contributed by atoms with Crippen molar-refractivity contribution in [2.75, 3.05) is 32.1 Å². The highest BCUT2D eigenvalue weighted by atomic mass is 16.2. The second-order valence-electron chi connectivity index (χ2n) is 6.58. The van der Waals surface area contributed by atoms with Crippen molar-refractivity contribution in [2.45, 2.75) is 11.8 Å². The molecule has 1 saturated heterocycles. The van der Waals surface area contributed by atoms with Gasteiger partial charge < -0.3 is 15.5 Å². The lowest BCUT2D eigenvalue weighted by molar-refractivity contribution is -0.123. The minimum absolute atomic E-state index is 0.129. The molecular weight excluding hydrogens is 316 g/mol. The Labute approximate surface area is 147 Å². The summed E-state index contributed by atoms with van der Waals surface area (Å²) in [5.41, 5.74) is 7.10. The predicted molar refractivity (Wildman–Crippen MR) is 96.4 cm³/mol. The molecule has 1 unspecified atom stereocenters. The zero-order chi connectivity index (χ0) is 18.0. The van der Waals surface area contributed by atoms with Crippen LogP contribution in [0.4, 0.5) is 5.69 Å². The number of nitrogens with zero attached hydrogens (tertiary/aromatic N) is 3. The second-order valence-corrected chi connectivity index (χ2v) is 6.58. The Morgan fingerprint density at radius 1 is 1.20 bits per heavy atom. The Morgan fingerprint density at radius 2 is 1.92 bits per heavy atom. The van der Waals surface area contributed by atoms with Crippen LogP contribution in [0, 0.1) is 0 Å². The van der Waals surface area contributed by atoms with Crippen LogP contribution in [-0.2, 0) is 10.2 Å². The first-order chi connectivity index (χ1) is 12.0. The fourth-order valence-electron chi connectivity index (χ4n) is 3.43. The molecule has 2 aromatic rings. The smallest absolute Gasteiger partial charge is 0.257 e. The quantitative estimate of drug-likeness (QED) is 0.914. The number of pyridine rings is 1.